The second-order valence-electron chi connectivity index (χ2n) is 6.32. The predicted molar refractivity (Wildman–Crippen MR) is 113 cm³/mol. The van der Waals surface area contributed by atoms with Crippen LogP contribution >= 0.6 is 0 Å². The van der Waals surface area contributed by atoms with Gasteiger partial charge in [-0.15, -0.1) is 0 Å². The maximum atomic E-state index is 11.3. The molecular weight excluding hydrogens is 372 g/mol. The molecule has 0 aromatic rings. The zero-order chi connectivity index (χ0) is 20.5. The fourth-order valence-corrected chi connectivity index (χ4v) is 4.21. The van der Waals surface area contributed by atoms with Gasteiger partial charge < -0.3 is 0 Å². The van der Waals surface area contributed by atoms with Crippen molar-refractivity contribution in [2.45, 2.75) is 91.1 Å². The molecule has 160 valence electrons. The molecule has 2 atom stereocenters. The van der Waals surface area contributed by atoms with Gasteiger partial charge in [0.05, 0.1) is 14.2 Å². The van der Waals surface area contributed by atoms with E-state index in [4.69, 9.17) is 8.37 Å². The van der Waals surface area contributed by atoms with Gasteiger partial charge in [-0.25, -0.2) is 17.0 Å². The monoisotopic (exact) mass is 414 g/mol. The summed E-state index contributed by atoms with van der Waals surface area (Å²) in [5, 5.41) is 0. The number of hydrogen-bond donors (Lipinski definition) is 0. The van der Waals surface area contributed by atoms with Crippen LogP contribution in [0.15, 0.2) is 0 Å². The highest BCUT2D eigenvalue weighted by atomic mass is 32.2. The van der Waals surface area contributed by atoms with Crippen molar-refractivity contribution >= 4 is 22.5 Å². The first-order valence-electron chi connectivity index (χ1n) is 9.72. The molecule has 0 aliphatic rings. The van der Waals surface area contributed by atoms with Crippen LogP contribution in [0.3, 0.4) is 0 Å². The number of hydrogen-bond acceptors (Lipinski definition) is 4. The highest BCUT2D eigenvalue weighted by Gasteiger charge is 2.18. The lowest BCUT2D eigenvalue weighted by Gasteiger charge is -2.24. The molecular formula is C18H42N2O4S2. The van der Waals surface area contributed by atoms with E-state index in [0.717, 1.165) is 51.4 Å². The average molecular weight is 415 g/mol. The lowest BCUT2D eigenvalue weighted by atomic mass is 10.1. The zero-order valence-electron chi connectivity index (χ0n) is 18.2. The molecule has 0 radical (unpaired) electrons. The van der Waals surface area contributed by atoms with E-state index in [1.807, 2.05) is 22.7 Å². The van der Waals surface area contributed by atoms with Crippen LogP contribution in [0.2, 0.25) is 0 Å². The molecule has 0 spiro atoms. The lowest BCUT2D eigenvalue weighted by Crippen LogP contribution is -2.33. The molecule has 8 heteroatoms. The van der Waals surface area contributed by atoms with E-state index in [2.05, 4.69) is 27.7 Å². The Morgan fingerprint density at radius 1 is 0.654 bits per heavy atom. The third-order valence-corrected chi connectivity index (χ3v) is 6.38. The quantitative estimate of drug-likeness (QED) is 0.427. The minimum Gasteiger partial charge on any atom is -0.281 e. The summed E-state index contributed by atoms with van der Waals surface area (Å²) >= 11 is -2.54. The van der Waals surface area contributed by atoms with E-state index in [0.29, 0.717) is 12.1 Å². The van der Waals surface area contributed by atoms with Gasteiger partial charge in [-0.2, -0.15) is 0 Å². The third kappa shape index (κ3) is 12.5. The van der Waals surface area contributed by atoms with Crippen molar-refractivity contribution in [3.8, 4) is 0 Å². The largest absolute Gasteiger partial charge is 0.281 e. The van der Waals surface area contributed by atoms with Crippen molar-refractivity contribution in [3.63, 3.8) is 0 Å². The van der Waals surface area contributed by atoms with Crippen molar-refractivity contribution in [1.82, 2.24) is 8.61 Å². The van der Waals surface area contributed by atoms with Gasteiger partial charge >= 0.3 is 0 Å². The van der Waals surface area contributed by atoms with Crippen LogP contribution < -0.4 is 0 Å². The Hall–Kier alpha value is 0.140. The van der Waals surface area contributed by atoms with Crippen LogP contribution in [0.4, 0.5) is 0 Å². The second kappa shape index (κ2) is 18.5. The summed E-state index contributed by atoms with van der Waals surface area (Å²) in [6, 6.07) is 0.770. The minimum absolute atomic E-state index is 0.385. The third-order valence-electron chi connectivity index (χ3n) is 4.27. The highest BCUT2D eigenvalue weighted by Crippen LogP contribution is 2.14. The summed E-state index contributed by atoms with van der Waals surface area (Å²) < 4.78 is 35.8. The molecule has 0 aliphatic carbocycles. The Kier molecular flexibility index (Phi) is 20.2. The summed E-state index contributed by atoms with van der Waals surface area (Å²) in [6.07, 6.45) is 8.81. The first-order valence-corrected chi connectivity index (χ1v) is 11.8. The topological polar surface area (TPSA) is 59.1 Å². The normalized spacial score (nSPS) is 14.0. The fraction of sp³-hybridized carbons (Fsp3) is 1.00. The van der Waals surface area contributed by atoms with Gasteiger partial charge in [0, 0.05) is 26.2 Å². The van der Waals surface area contributed by atoms with E-state index in [9.17, 15) is 8.42 Å². The molecule has 26 heavy (non-hydrogen) atoms. The van der Waals surface area contributed by atoms with Crippen molar-refractivity contribution in [3.05, 3.63) is 0 Å². The smallest absolute Gasteiger partial charge is 0.236 e. The Balaban J connectivity index is 0. The molecule has 0 aromatic heterocycles. The van der Waals surface area contributed by atoms with Gasteiger partial charge in [0.1, 0.15) is 0 Å². The maximum absolute atomic E-state index is 11.3. The van der Waals surface area contributed by atoms with Gasteiger partial charge in [-0.1, -0.05) is 53.4 Å². The Morgan fingerprint density at radius 3 is 1.04 bits per heavy atom. The Labute approximate surface area is 167 Å². The first-order chi connectivity index (χ1) is 12.3. The van der Waals surface area contributed by atoms with Crippen LogP contribution in [-0.2, 0) is 30.9 Å². The van der Waals surface area contributed by atoms with Crippen molar-refractivity contribution in [1.29, 1.82) is 0 Å². The van der Waals surface area contributed by atoms with E-state index < -0.39 is 22.5 Å². The second-order valence-corrected chi connectivity index (χ2v) is 9.01. The standard InChI is InChI=1S/2C9H21NO2S/c2*1-5-7-9(8-6-2)10(3)13(11)12-4/h2*9H,5-8H2,1-4H3. The van der Waals surface area contributed by atoms with Crippen LogP contribution in [0.25, 0.3) is 0 Å². The highest BCUT2D eigenvalue weighted by molar-refractivity contribution is 7.77. The molecule has 0 fully saturated rings. The fourth-order valence-electron chi connectivity index (χ4n) is 2.83. The SMILES string of the molecule is CCCC(CCC)N(C)S(=O)OC.CCCC(CCC)N(C)S(=O)OC. The van der Waals surface area contributed by atoms with E-state index in [1.165, 1.54) is 14.2 Å². The van der Waals surface area contributed by atoms with Crippen molar-refractivity contribution < 1.29 is 16.8 Å². The Bertz CT molecular complexity index is 327. The van der Waals surface area contributed by atoms with Gasteiger partial charge in [0.2, 0.25) is 22.5 Å². The van der Waals surface area contributed by atoms with Crippen molar-refractivity contribution in [2.24, 2.45) is 0 Å². The summed E-state index contributed by atoms with van der Waals surface area (Å²) in [4.78, 5) is 0. The summed E-state index contributed by atoms with van der Waals surface area (Å²) in [7, 11) is 6.66. The van der Waals surface area contributed by atoms with E-state index >= 15 is 0 Å². The molecule has 0 saturated carbocycles. The molecule has 2 unspecified atom stereocenters. The molecule has 0 aromatic carbocycles. The van der Waals surface area contributed by atoms with Crippen LogP contribution in [-0.4, -0.2) is 57.4 Å². The Morgan fingerprint density at radius 2 is 0.885 bits per heavy atom. The first kappa shape index (κ1) is 28.4. The predicted octanol–water partition coefficient (Wildman–Crippen LogP) is 4.22. The summed E-state index contributed by atoms with van der Waals surface area (Å²) in [6.45, 7) is 8.58. The molecule has 0 saturated heterocycles. The lowest BCUT2D eigenvalue weighted by molar-refractivity contribution is 0.302. The van der Waals surface area contributed by atoms with Crippen LogP contribution in [0.1, 0.15) is 79.1 Å². The van der Waals surface area contributed by atoms with Gasteiger partial charge in [0.15, 0.2) is 0 Å². The molecule has 0 aliphatic heterocycles. The van der Waals surface area contributed by atoms with E-state index in [1.54, 1.807) is 0 Å². The van der Waals surface area contributed by atoms with Gasteiger partial charge in [-0.05, 0) is 25.7 Å². The minimum atomic E-state index is -1.27. The van der Waals surface area contributed by atoms with Crippen molar-refractivity contribution in [2.75, 3.05) is 28.3 Å². The number of nitrogens with zero attached hydrogens (tertiary/aromatic N) is 2. The molecule has 0 amide bonds. The molecule has 0 N–H and O–H groups in total. The molecule has 6 nitrogen and oxygen atoms in total. The number of rotatable bonds is 14. The summed E-state index contributed by atoms with van der Waals surface area (Å²) in [5.74, 6) is 0. The van der Waals surface area contributed by atoms with E-state index in [-0.39, 0.29) is 0 Å². The molecule has 0 heterocycles. The maximum Gasteiger partial charge on any atom is 0.236 e. The average Bonchev–Trinajstić information content (AvgIpc) is 2.65. The molecule has 0 rings (SSSR count). The zero-order valence-corrected chi connectivity index (χ0v) is 19.8. The van der Waals surface area contributed by atoms with Gasteiger partial charge in [0.25, 0.3) is 0 Å². The molecule has 0 bridgehead atoms. The van der Waals surface area contributed by atoms with Crippen LogP contribution in [0, 0.1) is 0 Å². The van der Waals surface area contributed by atoms with Gasteiger partial charge in [-0.3, -0.25) is 8.37 Å². The van der Waals surface area contributed by atoms with Crippen LogP contribution in [0.5, 0.6) is 0 Å². The summed E-state index contributed by atoms with van der Waals surface area (Å²) in [5.41, 5.74) is 0.